The molecule has 2 aromatic carbocycles. The summed E-state index contributed by atoms with van der Waals surface area (Å²) in [5, 5.41) is 13.3. The standard InChI is InChI=1S/C28H31N3O4/c1-17-20(16-29)7-5-9-24(17)30-18(2)22-13-21(28(33)31(3)4)14-23-25(32)15-26(35-27(22)23)19-8-6-11-34-12-10-19/h5,7,9,13-15,18-19,30H,6,8,10-12H2,1-4H3/t18?,19-/m0/s1. The molecule has 1 N–H and O–H groups in total. The molecule has 0 bridgehead atoms. The molecule has 1 aliphatic rings. The quantitative estimate of drug-likeness (QED) is 0.552. The Morgan fingerprint density at radius 2 is 2.00 bits per heavy atom. The molecule has 1 amide bonds. The van der Waals surface area contributed by atoms with E-state index < -0.39 is 0 Å². The van der Waals surface area contributed by atoms with E-state index in [2.05, 4.69) is 11.4 Å². The van der Waals surface area contributed by atoms with E-state index in [0.717, 1.165) is 42.7 Å². The fourth-order valence-corrected chi connectivity index (χ4v) is 4.62. The average Bonchev–Trinajstić information content (AvgIpc) is 3.14. The molecule has 7 heteroatoms. The van der Waals surface area contributed by atoms with E-state index in [9.17, 15) is 14.9 Å². The number of anilines is 1. The SMILES string of the molecule is Cc1c(C#N)cccc1NC(C)c1cc(C(=O)N(C)C)cc2c(=O)cc([C@H]3CCCOCC3)oc12. The first kappa shape index (κ1) is 24.5. The van der Waals surface area contributed by atoms with Gasteiger partial charge in [0.15, 0.2) is 5.43 Å². The fraction of sp³-hybridized carbons (Fsp3) is 0.393. The number of carbonyl (C=O) groups excluding carboxylic acids is 1. The highest BCUT2D eigenvalue weighted by Gasteiger charge is 2.23. The van der Waals surface area contributed by atoms with Gasteiger partial charge in [-0.1, -0.05) is 6.07 Å². The van der Waals surface area contributed by atoms with Gasteiger partial charge in [0.1, 0.15) is 11.3 Å². The summed E-state index contributed by atoms with van der Waals surface area (Å²) in [5.74, 6) is 0.589. The number of nitrogens with zero attached hydrogens (tertiary/aromatic N) is 2. The van der Waals surface area contributed by atoms with Crippen molar-refractivity contribution in [2.45, 2.75) is 45.1 Å². The Labute approximate surface area is 205 Å². The van der Waals surface area contributed by atoms with E-state index in [-0.39, 0.29) is 23.3 Å². The molecule has 4 rings (SSSR count). The Hall–Kier alpha value is -3.63. The van der Waals surface area contributed by atoms with Crippen LogP contribution in [0.5, 0.6) is 0 Å². The lowest BCUT2D eigenvalue weighted by Crippen LogP contribution is -2.23. The van der Waals surface area contributed by atoms with Crippen LogP contribution in [0.4, 0.5) is 5.69 Å². The molecule has 7 nitrogen and oxygen atoms in total. The number of rotatable bonds is 5. The zero-order valence-corrected chi connectivity index (χ0v) is 20.7. The van der Waals surface area contributed by atoms with Crippen molar-refractivity contribution >= 4 is 22.6 Å². The minimum absolute atomic E-state index is 0.114. The zero-order valence-electron chi connectivity index (χ0n) is 20.7. The Bertz CT molecular complexity index is 1340. The van der Waals surface area contributed by atoms with Crippen LogP contribution in [0.3, 0.4) is 0 Å². The van der Waals surface area contributed by atoms with Crippen LogP contribution < -0.4 is 10.7 Å². The molecule has 1 aromatic heterocycles. The van der Waals surface area contributed by atoms with Crippen molar-refractivity contribution in [2.75, 3.05) is 32.6 Å². The predicted octanol–water partition coefficient (Wildman–Crippen LogP) is 5.13. The topological polar surface area (TPSA) is 95.6 Å². The number of amides is 1. The second-order valence-electron chi connectivity index (χ2n) is 9.35. The second-order valence-corrected chi connectivity index (χ2v) is 9.35. The van der Waals surface area contributed by atoms with Gasteiger partial charge >= 0.3 is 0 Å². The van der Waals surface area contributed by atoms with Crippen molar-refractivity contribution in [2.24, 2.45) is 0 Å². The van der Waals surface area contributed by atoms with Crippen molar-refractivity contribution in [1.29, 1.82) is 5.26 Å². The third-order valence-corrected chi connectivity index (χ3v) is 6.68. The molecule has 1 aliphatic heterocycles. The summed E-state index contributed by atoms with van der Waals surface area (Å²) in [4.78, 5) is 27.6. The van der Waals surface area contributed by atoms with E-state index >= 15 is 0 Å². The smallest absolute Gasteiger partial charge is 0.253 e. The molecule has 0 saturated carbocycles. The molecular formula is C28H31N3O4. The van der Waals surface area contributed by atoms with Crippen LogP contribution in [0.1, 0.15) is 71.0 Å². The normalized spacial score (nSPS) is 16.8. The summed E-state index contributed by atoms with van der Waals surface area (Å²) in [6, 6.07) is 12.4. The first-order valence-electron chi connectivity index (χ1n) is 12.0. The third-order valence-electron chi connectivity index (χ3n) is 6.68. The van der Waals surface area contributed by atoms with Crippen LogP contribution in [0.25, 0.3) is 11.0 Å². The molecule has 1 unspecified atom stereocenters. The van der Waals surface area contributed by atoms with E-state index in [0.29, 0.717) is 34.5 Å². The van der Waals surface area contributed by atoms with Gasteiger partial charge in [-0.15, -0.1) is 0 Å². The lowest BCUT2D eigenvalue weighted by Gasteiger charge is -2.21. The monoisotopic (exact) mass is 473 g/mol. The fourth-order valence-electron chi connectivity index (χ4n) is 4.62. The molecule has 2 atom stereocenters. The lowest BCUT2D eigenvalue weighted by atomic mass is 9.95. The molecule has 35 heavy (non-hydrogen) atoms. The first-order chi connectivity index (χ1) is 16.8. The third kappa shape index (κ3) is 5.08. The molecule has 182 valence electrons. The predicted molar refractivity (Wildman–Crippen MR) is 136 cm³/mol. The van der Waals surface area contributed by atoms with Gasteiger partial charge in [-0.25, -0.2) is 0 Å². The Morgan fingerprint density at radius 1 is 1.20 bits per heavy atom. The maximum absolute atomic E-state index is 13.3. The molecule has 2 heterocycles. The molecule has 0 aliphatic carbocycles. The van der Waals surface area contributed by atoms with Gasteiger partial charge in [0, 0.05) is 56.1 Å². The van der Waals surface area contributed by atoms with Gasteiger partial charge in [-0.3, -0.25) is 9.59 Å². The Kier molecular flexibility index (Phi) is 7.23. The van der Waals surface area contributed by atoms with Crippen LogP contribution in [0, 0.1) is 18.3 Å². The summed E-state index contributed by atoms with van der Waals surface area (Å²) in [6.07, 6.45) is 2.62. The number of ether oxygens (including phenoxy) is 1. The molecule has 0 radical (unpaired) electrons. The van der Waals surface area contributed by atoms with Crippen LogP contribution in [-0.4, -0.2) is 38.1 Å². The van der Waals surface area contributed by atoms with E-state index in [1.54, 1.807) is 38.4 Å². The minimum atomic E-state index is -0.295. The minimum Gasteiger partial charge on any atom is -0.460 e. The average molecular weight is 474 g/mol. The largest absolute Gasteiger partial charge is 0.460 e. The number of nitriles is 1. The van der Waals surface area contributed by atoms with E-state index in [1.165, 1.54) is 4.90 Å². The van der Waals surface area contributed by atoms with Gasteiger partial charge in [-0.05, 0) is 62.9 Å². The number of hydrogen-bond donors (Lipinski definition) is 1. The van der Waals surface area contributed by atoms with Crippen molar-refractivity contribution in [3.8, 4) is 6.07 Å². The highest BCUT2D eigenvalue weighted by atomic mass is 16.5. The summed E-state index contributed by atoms with van der Waals surface area (Å²) >= 11 is 0. The lowest BCUT2D eigenvalue weighted by molar-refractivity contribution is 0.0827. The molecule has 1 fully saturated rings. The van der Waals surface area contributed by atoms with E-state index in [4.69, 9.17) is 9.15 Å². The van der Waals surface area contributed by atoms with Crippen LogP contribution in [0.15, 0.2) is 45.6 Å². The summed E-state index contributed by atoms with van der Waals surface area (Å²) in [6.45, 7) is 5.22. The van der Waals surface area contributed by atoms with Gasteiger partial charge in [0.25, 0.3) is 5.91 Å². The second kappa shape index (κ2) is 10.3. The Balaban J connectivity index is 1.86. The molecular weight excluding hydrogens is 442 g/mol. The van der Waals surface area contributed by atoms with Crippen molar-refractivity contribution in [3.05, 3.63) is 74.6 Å². The molecule has 1 saturated heterocycles. The molecule has 0 spiro atoms. The number of fused-ring (bicyclic) bond motifs is 1. The first-order valence-corrected chi connectivity index (χ1v) is 12.0. The number of hydrogen-bond acceptors (Lipinski definition) is 6. The van der Waals surface area contributed by atoms with Crippen LogP contribution in [0.2, 0.25) is 0 Å². The maximum atomic E-state index is 13.3. The number of nitrogens with one attached hydrogen (secondary N) is 1. The number of benzene rings is 2. The van der Waals surface area contributed by atoms with Crippen molar-refractivity contribution < 1.29 is 13.9 Å². The van der Waals surface area contributed by atoms with Crippen LogP contribution >= 0.6 is 0 Å². The summed E-state index contributed by atoms with van der Waals surface area (Å²) in [5.41, 5.74) is 3.72. The summed E-state index contributed by atoms with van der Waals surface area (Å²) < 4.78 is 12.0. The van der Waals surface area contributed by atoms with Crippen molar-refractivity contribution in [3.63, 3.8) is 0 Å². The van der Waals surface area contributed by atoms with E-state index in [1.807, 2.05) is 26.0 Å². The molecule has 3 aromatic rings. The maximum Gasteiger partial charge on any atom is 0.253 e. The van der Waals surface area contributed by atoms with Gasteiger partial charge in [0.2, 0.25) is 0 Å². The van der Waals surface area contributed by atoms with Crippen LogP contribution in [-0.2, 0) is 4.74 Å². The van der Waals surface area contributed by atoms with Gasteiger partial charge < -0.3 is 19.4 Å². The van der Waals surface area contributed by atoms with Gasteiger partial charge in [0.05, 0.1) is 23.1 Å². The summed E-state index contributed by atoms with van der Waals surface area (Å²) in [7, 11) is 3.37. The van der Waals surface area contributed by atoms with Gasteiger partial charge in [-0.2, -0.15) is 5.26 Å². The highest BCUT2D eigenvalue weighted by Crippen LogP contribution is 2.33. The highest BCUT2D eigenvalue weighted by molar-refractivity contribution is 5.98. The number of carbonyl (C=O) groups is 1. The van der Waals surface area contributed by atoms with Crippen molar-refractivity contribution in [1.82, 2.24) is 4.90 Å². The Morgan fingerprint density at radius 3 is 2.74 bits per heavy atom. The zero-order chi connectivity index (χ0) is 25.1.